The Bertz CT molecular complexity index is 666. The fraction of sp³-hybridized carbons (Fsp3) is 0.375. The topological polar surface area (TPSA) is 42.4 Å². The number of hydrogen-bond donors (Lipinski definition) is 0. The van der Waals surface area contributed by atoms with E-state index in [1.54, 1.807) is 18.4 Å². The van der Waals surface area contributed by atoms with Crippen molar-refractivity contribution in [3.8, 4) is 0 Å². The summed E-state index contributed by atoms with van der Waals surface area (Å²) in [6, 6.07) is 7.77. The van der Waals surface area contributed by atoms with Gasteiger partial charge in [-0.3, -0.25) is 4.79 Å². The minimum Gasteiger partial charge on any atom is -0.378 e. The Morgan fingerprint density at radius 3 is 3.10 bits per heavy atom. The molecule has 0 radical (unpaired) electrons. The van der Waals surface area contributed by atoms with E-state index in [2.05, 4.69) is 4.98 Å². The number of rotatable bonds is 3. The van der Waals surface area contributed by atoms with Gasteiger partial charge in [0.1, 0.15) is 5.01 Å². The van der Waals surface area contributed by atoms with Crippen LogP contribution in [-0.2, 0) is 24.3 Å². The van der Waals surface area contributed by atoms with E-state index in [1.807, 2.05) is 36.1 Å². The second-order valence-electron chi connectivity index (χ2n) is 5.26. The summed E-state index contributed by atoms with van der Waals surface area (Å²) in [6.07, 6.45) is 0.826. The van der Waals surface area contributed by atoms with Gasteiger partial charge in [-0.2, -0.15) is 0 Å². The summed E-state index contributed by atoms with van der Waals surface area (Å²) in [4.78, 5) is 20.3. The fourth-order valence-corrected chi connectivity index (χ4v) is 3.67. The molecular weight excluding hydrogens is 284 g/mol. The van der Waals surface area contributed by atoms with Crippen LogP contribution in [0.4, 0.5) is 0 Å². The van der Waals surface area contributed by atoms with Crippen molar-refractivity contribution in [2.45, 2.75) is 26.5 Å². The zero-order valence-electron chi connectivity index (χ0n) is 12.3. The molecule has 0 saturated heterocycles. The van der Waals surface area contributed by atoms with Gasteiger partial charge in [-0.1, -0.05) is 17.7 Å². The van der Waals surface area contributed by atoms with Gasteiger partial charge < -0.3 is 9.64 Å². The maximum absolute atomic E-state index is 12.6. The minimum absolute atomic E-state index is 0.103. The van der Waals surface area contributed by atoms with Crippen LogP contribution in [0.3, 0.4) is 0 Å². The average molecular weight is 302 g/mol. The van der Waals surface area contributed by atoms with Crippen molar-refractivity contribution in [1.29, 1.82) is 0 Å². The van der Waals surface area contributed by atoms with Crippen LogP contribution >= 0.6 is 11.3 Å². The number of amides is 1. The molecule has 0 unspecified atom stereocenters. The molecule has 21 heavy (non-hydrogen) atoms. The van der Waals surface area contributed by atoms with Gasteiger partial charge in [0.2, 0.25) is 0 Å². The number of carbonyl (C=O) groups excluding carboxylic acids is 1. The average Bonchev–Trinajstić information content (AvgIpc) is 2.88. The number of fused-ring (bicyclic) bond motifs is 1. The van der Waals surface area contributed by atoms with E-state index in [-0.39, 0.29) is 5.91 Å². The Kier molecular flexibility index (Phi) is 4.03. The van der Waals surface area contributed by atoms with Gasteiger partial charge in [0.05, 0.1) is 18.8 Å². The number of methoxy groups -OCH3 is 1. The van der Waals surface area contributed by atoms with Gasteiger partial charge in [0, 0.05) is 30.5 Å². The smallest absolute Gasteiger partial charge is 0.254 e. The molecule has 110 valence electrons. The highest BCUT2D eigenvalue weighted by Gasteiger charge is 2.24. The van der Waals surface area contributed by atoms with Crippen LogP contribution in [0, 0.1) is 6.92 Å². The molecule has 1 amide bonds. The summed E-state index contributed by atoms with van der Waals surface area (Å²) in [5.41, 5.74) is 3.00. The van der Waals surface area contributed by atoms with Gasteiger partial charge in [-0.05, 0) is 19.1 Å². The SMILES string of the molecule is COCc1nc2c(s1)CN(C(=O)c1cccc(C)c1)CC2. The van der Waals surface area contributed by atoms with Crippen molar-refractivity contribution in [3.05, 3.63) is 51.0 Å². The molecule has 1 aromatic heterocycles. The van der Waals surface area contributed by atoms with Crippen LogP contribution in [0.2, 0.25) is 0 Å². The molecule has 0 atom stereocenters. The molecule has 0 fully saturated rings. The summed E-state index contributed by atoms with van der Waals surface area (Å²) in [7, 11) is 1.67. The Labute approximate surface area is 128 Å². The lowest BCUT2D eigenvalue weighted by Gasteiger charge is -2.26. The van der Waals surface area contributed by atoms with Crippen molar-refractivity contribution < 1.29 is 9.53 Å². The first kappa shape index (κ1) is 14.2. The van der Waals surface area contributed by atoms with E-state index in [1.165, 1.54) is 4.88 Å². The molecule has 1 aromatic carbocycles. The highest BCUT2D eigenvalue weighted by atomic mass is 32.1. The molecule has 1 aliphatic rings. The van der Waals surface area contributed by atoms with Crippen LogP contribution in [-0.4, -0.2) is 29.4 Å². The lowest BCUT2D eigenvalue weighted by atomic mass is 10.1. The number of benzene rings is 1. The number of aromatic nitrogens is 1. The number of ether oxygens (including phenoxy) is 1. The minimum atomic E-state index is 0.103. The summed E-state index contributed by atoms with van der Waals surface area (Å²) in [6.45, 7) is 3.94. The molecule has 1 aliphatic heterocycles. The van der Waals surface area contributed by atoms with Gasteiger partial charge in [0.15, 0.2) is 0 Å². The number of thiazole rings is 1. The predicted octanol–water partition coefficient (Wildman–Crippen LogP) is 2.80. The zero-order valence-corrected chi connectivity index (χ0v) is 13.1. The molecule has 2 aromatic rings. The Morgan fingerprint density at radius 2 is 2.33 bits per heavy atom. The lowest BCUT2D eigenvalue weighted by molar-refractivity contribution is 0.0736. The third-order valence-electron chi connectivity index (χ3n) is 3.60. The first-order valence-electron chi connectivity index (χ1n) is 6.99. The molecule has 0 bridgehead atoms. The van der Waals surface area contributed by atoms with Crippen molar-refractivity contribution in [3.63, 3.8) is 0 Å². The third-order valence-corrected chi connectivity index (χ3v) is 4.65. The molecule has 0 aliphatic carbocycles. The number of hydrogen-bond acceptors (Lipinski definition) is 4. The normalized spacial score (nSPS) is 14.1. The highest BCUT2D eigenvalue weighted by Crippen LogP contribution is 2.26. The number of nitrogens with zero attached hydrogens (tertiary/aromatic N) is 2. The fourth-order valence-electron chi connectivity index (χ4n) is 2.57. The van der Waals surface area contributed by atoms with E-state index >= 15 is 0 Å². The van der Waals surface area contributed by atoms with Crippen molar-refractivity contribution >= 4 is 17.2 Å². The maximum Gasteiger partial charge on any atom is 0.254 e. The predicted molar refractivity (Wildman–Crippen MR) is 82.5 cm³/mol. The van der Waals surface area contributed by atoms with E-state index in [4.69, 9.17) is 4.74 Å². The van der Waals surface area contributed by atoms with Crippen LogP contribution in [0.5, 0.6) is 0 Å². The zero-order chi connectivity index (χ0) is 14.8. The maximum atomic E-state index is 12.6. The molecule has 0 N–H and O–H groups in total. The Morgan fingerprint density at radius 1 is 1.48 bits per heavy atom. The quantitative estimate of drug-likeness (QED) is 0.875. The second kappa shape index (κ2) is 5.95. The van der Waals surface area contributed by atoms with E-state index in [0.29, 0.717) is 13.2 Å². The van der Waals surface area contributed by atoms with Crippen LogP contribution in [0.25, 0.3) is 0 Å². The Hall–Kier alpha value is -1.72. The third kappa shape index (κ3) is 2.99. The van der Waals surface area contributed by atoms with Gasteiger partial charge in [-0.25, -0.2) is 4.98 Å². The number of carbonyl (C=O) groups is 1. The summed E-state index contributed by atoms with van der Waals surface area (Å²) >= 11 is 1.65. The molecule has 0 spiro atoms. The first-order valence-corrected chi connectivity index (χ1v) is 7.81. The molecule has 0 saturated carbocycles. The van der Waals surface area contributed by atoms with Crippen molar-refractivity contribution in [2.75, 3.05) is 13.7 Å². The van der Waals surface area contributed by atoms with Crippen LogP contribution in [0.15, 0.2) is 24.3 Å². The van der Waals surface area contributed by atoms with E-state index < -0.39 is 0 Å². The molecular formula is C16H18N2O2S. The standard InChI is InChI=1S/C16H18N2O2S/c1-11-4-3-5-12(8-11)16(19)18-7-6-13-14(9-18)21-15(17-13)10-20-2/h3-5,8H,6-7,9-10H2,1-2H3. The Balaban J connectivity index is 1.77. The number of aryl methyl sites for hydroxylation is 1. The molecule has 4 nitrogen and oxygen atoms in total. The first-order chi connectivity index (χ1) is 10.2. The molecule has 3 rings (SSSR count). The monoisotopic (exact) mass is 302 g/mol. The highest BCUT2D eigenvalue weighted by molar-refractivity contribution is 7.11. The summed E-state index contributed by atoms with van der Waals surface area (Å²) < 4.78 is 5.13. The van der Waals surface area contributed by atoms with Gasteiger partial charge in [0.25, 0.3) is 5.91 Å². The summed E-state index contributed by atoms with van der Waals surface area (Å²) in [5.74, 6) is 0.103. The summed E-state index contributed by atoms with van der Waals surface area (Å²) in [5, 5.41) is 0.993. The van der Waals surface area contributed by atoms with Gasteiger partial charge in [-0.15, -0.1) is 11.3 Å². The second-order valence-corrected chi connectivity index (χ2v) is 6.42. The van der Waals surface area contributed by atoms with E-state index in [9.17, 15) is 4.79 Å². The van der Waals surface area contributed by atoms with Gasteiger partial charge >= 0.3 is 0 Å². The van der Waals surface area contributed by atoms with Crippen LogP contribution < -0.4 is 0 Å². The van der Waals surface area contributed by atoms with E-state index in [0.717, 1.165) is 34.8 Å². The molecule has 2 heterocycles. The van der Waals surface area contributed by atoms with Crippen molar-refractivity contribution in [1.82, 2.24) is 9.88 Å². The molecule has 5 heteroatoms. The lowest BCUT2D eigenvalue weighted by Crippen LogP contribution is -2.35. The largest absolute Gasteiger partial charge is 0.378 e. The van der Waals surface area contributed by atoms with Crippen LogP contribution in [0.1, 0.15) is 31.5 Å². The van der Waals surface area contributed by atoms with Crippen molar-refractivity contribution in [2.24, 2.45) is 0 Å².